The summed E-state index contributed by atoms with van der Waals surface area (Å²) in [6, 6.07) is 0.393. The number of hydrogen-bond acceptors (Lipinski definition) is 5. The number of rotatable bonds is 4. The number of amides is 1. The number of carbonyl (C=O) groups is 1. The molecule has 116 valence electrons. The van der Waals surface area contributed by atoms with Crippen molar-refractivity contribution in [1.82, 2.24) is 30.4 Å². The average Bonchev–Trinajstić information content (AvgIpc) is 2.92. The highest BCUT2D eigenvalue weighted by Crippen LogP contribution is 2.54. The number of aryl methyl sites for hydroxylation is 1. The van der Waals surface area contributed by atoms with Crippen molar-refractivity contribution in [3.8, 4) is 0 Å². The fourth-order valence-corrected chi connectivity index (χ4v) is 3.19. The summed E-state index contributed by atoms with van der Waals surface area (Å²) in [5, 5.41) is 15.3. The number of hydrogen-bond donors (Lipinski definition) is 1. The van der Waals surface area contributed by atoms with E-state index in [9.17, 15) is 4.79 Å². The Kier molecular flexibility index (Phi) is 3.69. The summed E-state index contributed by atoms with van der Waals surface area (Å²) in [6.45, 7) is 6.76. The van der Waals surface area contributed by atoms with Gasteiger partial charge in [0.2, 0.25) is 5.91 Å². The van der Waals surface area contributed by atoms with Gasteiger partial charge in [-0.25, -0.2) is 0 Å². The lowest BCUT2D eigenvalue weighted by molar-refractivity contribution is -0.124. The van der Waals surface area contributed by atoms with Gasteiger partial charge >= 0.3 is 0 Å². The SMILES string of the molecule is CC(C)C(=O)NC1CC12CCN(Cc1nnn(C)n1)CC2. The van der Waals surface area contributed by atoms with Crippen molar-refractivity contribution in [2.24, 2.45) is 18.4 Å². The molecular formula is C14H24N6O. The van der Waals surface area contributed by atoms with E-state index in [1.807, 2.05) is 13.8 Å². The maximum Gasteiger partial charge on any atom is 0.222 e. The van der Waals surface area contributed by atoms with E-state index < -0.39 is 0 Å². The standard InChI is InChI=1S/C14H24N6O/c1-10(2)13(21)15-11-8-14(11)4-6-20(7-5-14)9-12-16-18-19(3)17-12/h10-11H,4-9H2,1-3H3,(H,15,21). The third-order valence-corrected chi connectivity index (χ3v) is 4.80. The van der Waals surface area contributed by atoms with Crippen LogP contribution in [-0.4, -0.2) is 50.1 Å². The predicted molar refractivity (Wildman–Crippen MR) is 77.1 cm³/mol. The number of nitrogens with one attached hydrogen (secondary N) is 1. The third kappa shape index (κ3) is 3.07. The molecule has 7 nitrogen and oxygen atoms in total. The van der Waals surface area contributed by atoms with E-state index in [0.29, 0.717) is 11.5 Å². The molecule has 0 radical (unpaired) electrons. The summed E-state index contributed by atoms with van der Waals surface area (Å²) in [5.41, 5.74) is 0.358. The van der Waals surface area contributed by atoms with Gasteiger partial charge in [-0.05, 0) is 43.0 Å². The summed E-state index contributed by atoms with van der Waals surface area (Å²) in [7, 11) is 1.79. The van der Waals surface area contributed by atoms with Gasteiger partial charge in [-0.2, -0.15) is 4.80 Å². The fraction of sp³-hybridized carbons (Fsp3) is 0.857. The molecule has 1 saturated heterocycles. The molecule has 2 fully saturated rings. The van der Waals surface area contributed by atoms with Crippen LogP contribution in [0, 0.1) is 11.3 Å². The van der Waals surface area contributed by atoms with Gasteiger partial charge in [-0.3, -0.25) is 9.69 Å². The Balaban J connectivity index is 1.47. The Morgan fingerprint density at radius 2 is 2.14 bits per heavy atom. The number of tetrazole rings is 1. The maximum absolute atomic E-state index is 11.8. The monoisotopic (exact) mass is 292 g/mol. The lowest BCUT2D eigenvalue weighted by Crippen LogP contribution is -2.39. The highest BCUT2D eigenvalue weighted by atomic mass is 16.2. The van der Waals surface area contributed by atoms with Crippen LogP contribution in [0.3, 0.4) is 0 Å². The molecule has 1 atom stereocenters. The first-order valence-corrected chi connectivity index (χ1v) is 7.74. The normalized spacial score (nSPS) is 24.5. The molecule has 2 aliphatic rings. The summed E-state index contributed by atoms with van der Waals surface area (Å²) < 4.78 is 0. The Labute approximate surface area is 125 Å². The Morgan fingerprint density at radius 1 is 1.43 bits per heavy atom. The molecule has 2 heterocycles. The van der Waals surface area contributed by atoms with Crippen LogP contribution in [0.4, 0.5) is 0 Å². The quantitative estimate of drug-likeness (QED) is 0.866. The second-order valence-electron chi connectivity index (χ2n) is 6.75. The molecule has 0 bridgehead atoms. The topological polar surface area (TPSA) is 75.9 Å². The van der Waals surface area contributed by atoms with Gasteiger partial charge in [0, 0.05) is 12.0 Å². The second kappa shape index (κ2) is 5.36. The lowest BCUT2D eigenvalue weighted by Gasteiger charge is -2.32. The predicted octanol–water partition coefficient (Wildman–Crippen LogP) is 0.337. The smallest absolute Gasteiger partial charge is 0.222 e. The average molecular weight is 292 g/mol. The van der Waals surface area contributed by atoms with Crippen molar-refractivity contribution in [2.75, 3.05) is 13.1 Å². The minimum Gasteiger partial charge on any atom is -0.353 e. The van der Waals surface area contributed by atoms with Crippen LogP contribution in [-0.2, 0) is 18.4 Å². The molecule has 1 aliphatic heterocycles. The highest BCUT2D eigenvalue weighted by Gasteiger charge is 2.55. The van der Waals surface area contributed by atoms with E-state index in [0.717, 1.165) is 44.7 Å². The molecule has 1 aromatic heterocycles. The number of nitrogens with zero attached hydrogens (tertiary/aromatic N) is 5. The Morgan fingerprint density at radius 3 is 2.71 bits per heavy atom. The van der Waals surface area contributed by atoms with E-state index in [-0.39, 0.29) is 11.8 Å². The molecule has 1 saturated carbocycles. The molecule has 1 N–H and O–H groups in total. The molecule has 1 unspecified atom stereocenters. The third-order valence-electron chi connectivity index (χ3n) is 4.80. The first-order valence-electron chi connectivity index (χ1n) is 7.74. The maximum atomic E-state index is 11.8. The van der Waals surface area contributed by atoms with Gasteiger partial charge in [0.15, 0.2) is 5.82 Å². The molecule has 21 heavy (non-hydrogen) atoms. The van der Waals surface area contributed by atoms with E-state index in [1.165, 1.54) is 4.80 Å². The molecule has 7 heteroatoms. The Hall–Kier alpha value is -1.50. The molecule has 1 spiro atoms. The lowest BCUT2D eigenvalue weighted by atomic mass is 9.92. The first-order chi connectivity index (χ1) is 9.98. The zero-order chi connectivity index (χ0) is 15.0. The second-order valence-corrected chi connectivity index (χ2v) is 6.75. The van der Waals surface area contributed by atoms with Crippen molar-refractivity contribution in [3.05, 3.63) is 5.82 Å². The first kappa shape index (κ1) is 14.4. The zero-order valence-electron chi connectivity index (χ0n) is 13.0. The molecular weight excluding hydrogens is 268 g/mol. The van der Waals surface area contributed by atoms with Gasteiger partial charge < -0.3 is 5.32 Å². The van der Waals surface area contributed by atoms with E-state index >= 15 is 0 Å². The summed E-state index contributed by atoms with van der Waals surface area (Å²) in [5.74, 6) is 1.04. The number of carbonyl (C=O) groups excluding carboxylic acids is 1. The summed E-state index contributed by atoms with van der Waals surface area (Å²) in [4.78, 5) is 15.7. The van der Waals surface area contributed by atoms with Gasteiger partial charge in [0.1, 0.15) is 0 Å². The summed E-state index contributed by atoms with van der Waals surface area (Å²) >= 11 is 0. The minimum atomic E-state index is 0.0745. The fourth-order valence-electron chi connectivity index (χ4n) is 3.19. The number of likely N-dealkylation sites (tertiary alicyclic amines) is 1. The van der Waals surface area contributed by atoms with Gasteiger partial charge in [0.25, 0.3) is 0 Å². The molecule has 1 aliphatic carbocycles. The molecule has 3 rings (SSSR count). The van der Waals surface area contributed by atoms with Crippen LogP contribution < -0.4 is 5.32 Å². The van der Waals surface area contributed by atoms with E-state index in [2.05, 4.69) is 25.6 Å². The van der Waals surface area contributed by atoms with Crippen molar-refractivity contribution < 1.29 is 4.79 Å². The van der Waals surface area contributed by atoms with Crippen LogP contribution in [0.1, 0.15) is 38.9 Å². The molecule has 1 amide bonds. The van der Waals surface area contributed by atoms with Gasteiger partial charge in [-0.15, -0.1) is 10.2 Å². The van der Waals surface area contributed by atoms with Crippen LogP contribution in [0.25, 0.3) is 0 Å². The Bertz CT molecular complexity index is 517. The van der Waals surface area contributed by atoms with Crippen LogP contribution >= 0.6 is 0 Å². The van der Waals surface area contributed by atoms with Crippen molar-refractivity contribution in [2.45, 2.75) is 45.7 Å². The highest BCUT2D eigenvalue weighted by molar-refractivity contribution is 5.78. The molecule has 0 aromatic carbocycles. The number of aromatic nitrogens is 4. The summed E-state index contributed by atoms with van der Waals surface area (Å²) in [6.07, 6.45) is 3.44. The van der Waals surface area contributed by atoms with Crippen LogP contribution in [0.2, 0.25) is 0 Å². The van der Waals surface area contributed by atoms with Crippen molar-refractivity contribution >= 4 is 5.91 Å². The zero-order valence-corrected chi connectivity index (χ0v) is 13.0. The van der Waals surface area contributed by atoms with Gasteiger partial charge in [-0.1, -0.05) is 13.8 Å². The van der Waals surface area contributed by atoms with Crippen LogP contribution in [0.15, 0.2) is 0 Å². The van der Waals surface area contributed by atoms with E-state index in [1.54, 1.807) is 7.05 Å². The van der Waals surface area contributed by atoms with E-state index in [4.69, 9.17) is 0 Å². The largest absolute Gasteiger partial charge is 0.353 e. The number of piperidine rings is 1. The molecule has 1 aromatic rings. The minimum absolute atomic E-state index is 0.0745. The van der Waals surface area contributed by atoms with Gasteiger partial charge in [0.05, 0.1) is 13.6 Å². The van der Waals surface area contributed by atoms with Crippen molar-refractivity contribution in [1.29, 1.82) is 0 Å². The van der Waals surface area contributed by atoms with Crippen LogP contribution in [0.5, 0.6) is 0 Å². The van der Waals surface area contributed by atoms with Crippen molar-refractivity contribution in [3.63, 3.8) is 0 Å².